The molecule has 0 amide bonds. The Labute approximate surface area is 111 Å². The third kappa shape index (κ3) is 5.83. The molecule has 2 aliphatic heterocycles. The van der Waals surface area contributed by atoms with Crippen molar-refractivity contribution in [1.82, 2.24) is 10.6 Å². The van der Waals surface area contributed by atoms with Crippen LogP contribution in [-0.4, -0.2) is 36.7 Å². The van der Waals surface area contributed by atoms with Gasteiger partial charge in [-0.1, -0.05) is 0 Å². The van der Waals surface area contributed by atoms with E-state index in [9.17, 15) is 4.79 Å². The highest BCUT2D eigenvalue weighted by atomic mass is 16.6. The van der Waals surface area contributed by atoms with Crippen molar-refractivity contribution in [2.24, 2.45) is 0 Å². The van der Waals surface area contributed by atoms with E-state index in [4.69, 9.17) is 4.74 Å². The van der Waals surface area contributed by atoms with Crippen LogP contribution in [0, 0.1) is 0 Å². The molecule has 18 heavy (non-hydrogen) atoms. The summed E-state index contributed by atoms with van der Waals surface area (Å²) < 4.78 is 4.80. The molecule has 0 aromatic heterocycles. The molecule has 1 unspecified atom stereocenters. The van der Waals surface area contributed by atoms with E-state index < -0.39 is 0 Å². The molecular weight excluding hydrogens is 228 g/mol. The Kier molecular flexibility index (Phi) is 5.60. The average Bonchev–Trinajstić information content (AvgIpc) is 2.55. The van der Waals surface area contributed by atoms with Crippen LogP contribution < -0.4 is 10.6 Å². The fraction of sp³-hybridized carbons (Fsp3) is 0.929. The maximum atomic E-state index is 10.2. The standard InChI is InChI=1S/C8H16N2.C6H12O2/c1-9-8-4-6-2-3-7(5-8)10-6;1-5(7)8-6(2,3)4/h6-10H,2-5H2,1H3;1-4H3/t6-,7+,8?;. The number of nitrogens with one attached hydrogen (secondary N) is 2. The van der Waals surface area contributed by atoms with E-state index in [1.807, 2.05) is 20.8 Å². The largest absolute Gasteiger partial charge is 0.460 e. The van der Waals surface area contributed by atoms with Crippen LogP contribution in [0.4, 0.5) is 0 Å². The molecule has 0 saturated carbocycles. The van der Waals surface area contributed by atoms with Gasteiger partial charge in [0.05, 0.1) is 0 Å². The van der Waals surface area contributed by atoms with Crippen molar-refractivity contribution >= 4 is 5.97 Å². The van der Waals surface area contributed by atoms with Gasteiger partial charge < -0.3 is 15.4 Å². The minimum absolute atomic E-state index is 0.225. The number of piperidine rings is 1. The smallest absolute Gasteiger partial charge is 0.303 e. The van der Waals surface area contributed by atoms with Crippen molar-refractivity contribution in [3.63, 3.8) is 0 Å². The molecule has 4 heteroatoms. The maximum Gasteiger partial charge on any atom is 0.303 e. The Morgan fingerprint density at radius 2 is 1.72 bits per heavy atom. The fourth-order valence-electron chi connectivity index (χ4n) is 2.72. The second kappa shape index (κ2) is 6.53. The van der Waals surface area contributed by atoms with Gasteiger partial charge >= 0.3 is 5.97 Å². The lowest BCUT2D eigenvalue weighted by Crippen LogP contribution is -2.45. The van der Waals surface area contributed by atoms with Crippen LogP contribution in [0.5, 0.6) is 0 Å². The molecule has 2 aliphatic rings. The first-order valence-corrected chi connectivity index (χ1v) is 6.93. The number of hydrogen-bond donors (Lipinski definition) is 2. The Hall–Kier alpha value is -0.610. The number of esters is 1. The minimum Gasteiger partial charge on any atom is -0.460 e. The highest BCUT2D eigenvalue weighted by molar-refractivity contribution is 5.66. The Morgan fingerprint density at radius 1 is 1.22 bits per heavy atom. The second-order valence-corrected chi connectivity index (χ2v) is 6.30. The van der Waals surface area contributed by atoms with Gasteiger partial charge in [-0.15, -0.1) is 0 Å². The summed E-state index contributed by atoms with van der Waals surface area (Å²) in [5.74, 6) is -0.225. The van der Waals surface area contributed by atoms with Gasteiger partial charge in [-0.25, -0.2) is 0 Å². The number of hydrogen-bond acceptors (Lipinski definition) is 4. The lowest BCUT2D eigenvalue weighted by Gasteiger charge is -2.28. The molecule has 0 aromatic carbocycles. The lowest BCUT2D eigenvalue weighted by atomic mass is 10.0. The summed E-state index contributed by atoms with van der Waals surface area (Å²) in [6.45, 7) is 6.93. The molecule has 0 radical (unpaired) electrons. The normalized spacial score (nSPS) is 30.4. The third-order valence-corrected chi connectivity index (χ3v) is 3.33. The van der Waals surface area contributed by atoms with Crippen molar-refractivity contribution in [2.45, 2.75) is 77.1 Å². The number of carbonyl (C=O) groups is 1. The second-order valence-electron chi connectivity index (χ2n) is 6.30. The van der Waals surface area contributed by atoms with E-state index in [0.717, 1.165) is 18.1 Å². The van der Waals surface area contributed by atoms with Crippen LogP contribution in [0.1, 0.15) is 53.4 Å². The molecule has 2 N–H and O–H groups in total. The lowest BCUT2D eigenvalue weighted by molar-refractivity contribution is -0.151. The predicted molar refractivity (Wildman–Crippen MR) is 73.5 cm³/mol. The maximum absolute atomic E-state index is 10.2. The molecule has 2 heterocycles. The number of rotatable bonds is 1. The minimum atomic E-state index is -0.328. The third-order valence-electron chi connectivity index (χ3n) is 3.33. The number of ether oxygens (including phenoxy) is 1. The van der Waals surface area contributed by atoms with Crippen LogP contribution in [0.25, 0.3) is 0 Å². The first kappa shape index (κ1) is 15.4. The van der Waals surface area contributed by atoms with Gasteiger partial charge in [0.25, 0.3) is 0 Å². The summed E-state index contributed by atoms with van der Waals surface area (Å²) in [7, 11) is 2.08. The molecule has 0 aromatic rings. The van der Waals surface area contributed by atoms with Crippen molar-refractivity contribution < 1.29 is 9.53 Å². The highest BCUT2D eigenvalue weighted by Gasteiger charge is 2.32. The van der Waals surface area contributed by atoms with E-state index in [-0.39, 0.29) is 11.6 Å². The van der Waals surface area contributed by atoms with Gasteiger partial charge in [-0.2, -0.15) is 0 Å². The van der Waals surface area contributed by atoms with E-state index in [1.54, 1.807) is 0 Å². The molecular formula is C14H28N2O2. The van der Waals surface area contributed by atoms with E-state index in [0.29, 0.717) is 0 Å². The summed E-state index contributed by atoms with van der Waals surface area (Å²) >= 11 is 0. The molecule has 2 rings (SSSR count). The van der Waals surface area contributed by atoms with Crippen molar-refractivity contribution in [3.8, 4) is 0 Å². The molecule has 0 spiro atoms. The molecule has 2 fully saturated rings. The van der Waals surface area contributed by atoms with Gasteiger partial charge in [-0.05, 0) is 53.5 Å². The SMILES string of the molecule is CC(=O)OC(C)(C)C.CNC1C[C@H]2CC[C@@H](C1)N2. The van der Waals surface area contributed by atoms with E-state index in [2.05, 4.69) is 17.7 Å². The van der Waals surface area contributed by atoms with E-state index in [1.165, 1.54) is 32.6 Å². The van der Waals surface area contributed by atoms with Crippen molar-refractivity contribution in [3.05, 3.63) is 0 Å². The Balaban J connectivity index is 0.000000187. The summed E-state index contributed by atoms with van der Waals surface area (Å²) in [5, 5.41) is 6.98. The Bertz CT molecular complexity index is 261. The molecule has 4 nitrogen and oxygen atoms in total. The predicted octanol–water partition coefficient (Wildman–Crippen LogP) is 1.84. The first-order valence-electron chi connectivity index (χ1n) is 6.93. The van der Waals surface area contributed by atoms with Gasteiger partial charge in [-0.3, -0.25) is 4.79 Å². The summed E-state index contributed by atoms with van der Waals surface area (Å²) in [4.78, 5) is 10.2. The quantitative estimate of drug-likeness (QED) is 0.703. The van der Waals surface area contributed by atoms with Crippen LogP contribution in [0.15, 0.2) is 0 Å². The van der Waals surface area contributed by atoms with E-state index >= 15 is 0 Å². The summed E-state index contributed by atoms with van der Waals surface area (Å²) in [6.07, 6.45) is 5.49. The number of carbonyl (C=O) groups excluding carboxylic acids is 1. The molecule has 106 valence electrons. The molecule has 0 aliphatic carbocycles. The number of fused-ring (bicyclic) bond motifs is 2. The summed E-state index contributed by atoms with van der Waals surface area (Å²) in [6, 6.07) is 2.45. The average molecular weight is 256 g/mol. The molecule has 2 saturated heterocycles. The van der Waals surface area contributed by atoms with Gasteiger partial charge in [0, 0.05) is 25.0 Å². The van der Waals surface area contributed by atoms with Crippen LogP contribution in [0.3, 0.4) is 0 Å². The Morgan fingerprint density at radius 3 is 2.00 bits per heavy atom. The zero-order valence-electron chi connectivity index (χ0n) is 12.4. The van der Waals surface area contributed by atoms with Crippen LogP contribution >= 0.6 is 0 Å². The summed E-state index contributed by atoms with van der Waals surface area (Å²) in [5.41, 5.74) is -0.328. The van der Waals surface area contributed by atoms with Gasteiger partial charge in [0.2, 0.25) is 0 Å². The zero-order valence-corrected chi connectivity index (χ0v) is 12.4. The molecule has 3 atom stereocenters. The first-order chi connectivity index (χ1) is 8.30. The monoisotopic (exact) mass is 256 g/mol. The molecule has 2 bridgehead atoms. The highest BCUT2D eigenvalue weighted by Crippen LogP contribution is 2.26. The van der Waals surface area contributed by atoms with Crippen LogP contribution in [-0.2, 0) is 9.53 Å². The topological polar surface area (TPSA) is 50.4 Å². The van der Waals surface area contributed by atoms with Crippen molar-refractivity contribution in [2.75, 3.05) is 7.05 Å². The van der Waals surface area contributed by atoms with Gasteiger partial charge in [0.15, 0.2) is 0 Å². The zero-order chi connectivity index (χ0) is 13.8. The van der Waals surface area contributed by atoms with Gasteiger partial charge in [0.1, 0.15) is 5.60 Å². The van der Waals surface area contributed by atoms with Crippen LogP contribution in [0.2, 0.25) is 0 Å². The fourth-order valence-corrected chi connectivity index (χ4v) is 2.72. The van der Waals surface area contributed by atoms with Crippen molar-refractivity contribution in [1.29, 1.82) is 0 Å².